The van der Waals surface area contributed by atoms with Gasteiger partial charge in [-0.25, -0.2) is 9.78 Å². The second-order valence-corrected chi connectivity index (χ2v) is 6.70. The number of amides is 1. The third-order valence-electron chi connectivity index (χ3n) is 3.91. The van der Waals surface area contributed by atoms with Crippen LogP contribution in [0.5, 0.6) is 0 Å². The standard InChI is InChI=1S/C17H18N2O4S/c1-11-15(16(20)19-7-8-23-10-13(19)17(21)22)24-14(18-11)9-12-5-3-2-4-6-12/h2-6,13H,7-10H2,1H3,(H,21,22). The topological polar surface area (TPSA) is 79.7 Å². The van der Waals surface area contributed by atoms with Crippen molar-refractivity contribution in [2.45, 2.75) is 19.4 Å². The lowest BCUT2D eigenvalue weighted by Gasteiger charge is -2.32. The molecule has 7 heteroatoms. The van der Waals surface area contributed by atoms with E-state index >= 15 is 0 Å². The Morgan fingerprint density at radius 1 is 1.38 bits per heavy atom. The zero-order valence-corrected chi connectivity index (χ0v) is 14.1. The number of aromatic nitrogens is 1. The molecule has 1 N–H and O–H groups in total. The Bertz CT molecular complexity index is 744. The lowest BCUT2D eigenvalue weighted by atomic mass is 10.2. The number of nitrogens with zero attached hydrogens (tertiary/aromatic N) is 2. The number of carboxylic acids is 1. The molecule has 2 heterocycles. The van der Waals surface area contributed by atoms with Crippen LogP contribution in [-0.2, 0) is 16.0 Å². The molecule has 126 valence electrons. The van der Waals surface area contributed by atoms with Gasteiger partial charge in [0, 0.05) is 13.0 Å². The number of hydrogen-bond acceptors (Lipinski definition) is 5. The summed E-state index contributed by atoms with van der Waals surface area (Å²) < 4.78 is 5.19. The first kappa shape index (κ1) is 16.6. The van der Waals surface area contributed by atoms with Crippen LogP contribution >= 0.6 is 11.3 Å². The number of carbonyl (C=O) groups is 2. The number of benzene rings is 1. The highest BCUT2D eigenvalue weighted by Crippen LogP contribution is 2.24. The highest BCUT2D eigenvalue weighted by Gasteiger charge is 2.34. The van der Waals surface area contributed by atoms with E-state index in [0.29, 0.717) is 23.6 Å². The number of hydrogen-bond donors (Lipinski definition) is 1. The van der Waals surface area contributed by atoms with Crippen LogP contribution in [0.1, 0.15) is 25.9 Å². The summed E-state index contributed by atoms with van der Waals surface area (Å²) >= 11 is 1.33. The van der Waals surface area contributed by atoms with Crippen LogP contribution in [0.2, 0.25) is 0 Å². The van der Waals surface area contributed by atoms with Crippen molar-refractivity contribution in [3.05, 3.63) is 51.5 Å². The normalized spacial score (nSPS) is 17.7. The van der Waals surface area contributed by atoms with E-state index in [0.717, 1.165) is 10.6 Å². The molecule has 0 saturated carbocycles. The van der Waals surface area contributed by atoms with Gasteiger partial charge in [-0.3, -0.25) is 4.79 Å². The third-order valence-corrected chi connectivity index (χ3v) is 5.05. The monoisotopic (exact) mass is 346 g/mol. The maximum atomic E-state index is 12.8. The Labute approximate surface area is 143 Å². The van der Waals surface area contributed by atoms with Crippen LogP contribution in [0, 0.1) is 6.92 Å². The minimum absolute atomic E-state index is 0.0236. The van der Waals surface area contributed by atoms with E-state index in [1.807, 2.05) is 30.3 Å². The van der Waals surface area contributed by atoms with Gasteiger partial charge in [-0.05, 0) is 12.5 Å². The summed E-state index contributed by atoms with van der Waals surface area (Å²) in [5.41, 5.74) is 1.77. The van der Waals surface area contributed by atoms with Gasteiger partial charge in [0.1, 0.15) is 4.88 Å². The molecule has 1 aliphatic rings. The summed E-state index contributed by atoms with van der Waals surface area (Å²) in [4.78, 5) is 30.5. The number of morpholine rings is 1. The molecule has 1 amide bonds. The highest BCUT2D eigenvalue weighted by molar-refractivity contribution is 7.13. The maximum Gasteiger partial charge on any atom is 0.328 e. The van der Waals surface area contributed by atoms with Gasteiger partial charge in [0.25, 0.3) is 5.91 Å². The molecular formula is C17H18N2O4S. The summed E-state index contributed by atoms with van der Waals surface area (Å²) in [6.45, 7) is 2.44. The summed E-state index contributed by atoms with van der Waals surface area (Å²) in [5, 5.41) is 10.1. The van der Waals surface area contributed by atoms with E-state index in [-0.39, 0.29) is 19.1 Å². The van der Waals surface area contributed by atoms with Gasteiger partial charge in [0.05, 0.1) is 23.9 Å². The number of rotatable bonds is 4. The summed E-state index contributed by atoms with van der Waals surface area (Å²) in [6, 6.07) is 8.97. The number of carbonyl (C=O) groups excluding carboxylic acids is 1. The summed E-state index contributed by atoms with van der Waals surface area (Å²) in [5.74, 6) is -1.32. The van der Waals surface area contributed by atoms with Gasteiger partial charge in [-0.15, -0.1) is 11.3 Å². The van der Waals surface area contributed by atoms with Gasteiger partial charge < -0.3 is 14.7 Å². The first-order valence-corrected chi connectivity index (χ1v) is 8.49. The first-order valence-electron chi connectivity index (χ1n) is 7.68. The molecule has 1 aromatic heterocycles. The number of carboxylic acid groups (broad SMARTS) is 1. The Kier molecular flexibility index (Phi) is 4.92. The molecule has 1 fully saturated rings. The SMILES string of the molecule is Cc1nc(Cc2ccccc2)sc1C(=O)N1CCOCC1C(=O)O. The third kappa shape index (κ3) is 3.47. The van der Waals surface area contributed by atoms with E-state index in [9.17, 15) is 14.7 Å². The predicted octanol–water partition coefficient (Wildman–Crippen LogP) is 1.97. The molecule has 0 radical (unpaired) electrons. The molecule has 24 heavy (non-hydrogen) atoms. The van der Waals surface area contributed by atoms with E-state index in [1.54, 1.807) is 6.92 Å². The Hall–Kier alpha value is -2.25. The van der Waals surface area contributed by atoms with Gasteiger partial charge in [-0.2, -0.15) is 0 Å². The average molecular weight is 346 g/mol. The van der Waals surface area contributed by atoms with E-state index in [2.05, 4.69) is 4.98 Å². The number of aliphatic carboxylic acids is 1. The molecule has 0 bridgehead atoms. The molecule has 0 spiro atoms. The highest BCUT2D eigenvalue weighted by atomic mass is 32.1. The van der Waals surface area contributed by atoms with Gasteiger partial charge >= 0.3 is 5.97 Å². The van der Waals surface area contributed by atoms with E-state index in [4.69, 9.17) is 4.74 Å². The van der Waals surface area contributed by atoms with Crippen LogP contribution in [-0.4, -0.2) is 52.7 Å². The largest absolute Gasteiger partial charge is 0.480 e. The number of ether oxygens (including phenoxy) is 1. The van der Waals surface area contributed by atoms with Gasteiger partial charge in [-0.1, -0.05) is 30.3 Å². The second-order valence-electron chi connectivity index (χ2n) is 5.61. The minimum Gasteiger partial charge on any atom is -0.480 e. The first-order chi connectivity index (χ1) is 11.6. The summed E-state index contributed by atoms with van der Waals surface area (Å²) in [7, 11) is 0. The van der Waals surface area contributed by atoms with Crippen LogP contribution in [0.4, 0.5) is 0 Å². The van der Waals surface area contributed by atoms with Gasteiger partial charge in [0.15, 0.2) is 6.04 Å². The molecule has 1 aromatic carbocycles. The van der Waals surface area contributed by atoms with Crippen molar-refractivity contribution in [3.8, 4) is 0 Å². The van der Waals surface area contributed by atoms with Gasteiger partial charge in [0.2, 0.25) is 0 Å². The van der Waals surface area contributed by atoms with Crippen molar-refractivity contribution >= 4 is 23.2 Å². The fraction of sp³-hybridized carbons (Fsp3) is 0.353. The number of thiazole rings is 1. The molecule has 0 aliphatic carbocycles. The lowest BCUT2D eigenvalue weighted by molar-refractivity contribution is -0.147. The maximum absolute atomic E-state index is 12.8. The zero-order chi connectivity index (χ0) is 17.1. The van der Waals surface area contributed by atoms with Crippen LogP contribution in [0.15, 0.2) is 30.3 Å². The van der Waals surface area contributed by atoms with Crippen molar-refractivity contribution in [2.24, 2.45) is 0 Å². The Balaban J connectivity index is 1.81. The molecule has 1 aliphatic heterocycles. The molecule has 1 saturated heterocycles. The van der Waals surface area contributed by atoms with Crippen molar-refractivity contribution in [1.82, 2.24) is 9.88 Å². The fourth-order valence-electron chi connectivity index (χ4n) is 2.68. The van der Waals surface area contributed by atoms with E-state index < -0.39 is 12.0 Å². The quantitative estimate of drug-likeness (QED) is 0.915. The predicted molar refractivity (Wildman–Crippen MR) is 89.4 cm³/mol. The van der Waals surface area contributed by atoms with Crippen molar-refractivity contribution in [3.63, 3.8) is 0 Å². The molecule has 1 atom stereocenters. The average Bonchev–Trinajstić information content (AvgIpc) is 2.95. The summed E-state index contributed by atoms with van der Waals surface area (Å²) in [6.07, 6.45) is 0.658. The zero-order valence-electron chi connectivity index (χ0n) is 13.3. The fourth-order valence-corrected chi connectivity index (χ4v) is 3.73. The smallest absolute Gasteiger partial charge is 0.328 e. The number of aryl methyl sites for hydroxylation is 1. The van der Waals surface area contributed by atoms with Crippen LogP contribution in [0.25, 0.3) is 0 Å². The molecule has 2 aromatic rings. The molecule has 1 unspecified atom stereocenters. The van der Waals surface area contributed by atoms with Crippen molar-refractivity contribution < 1.29 is 19.4 Å². The molecular weight excluding hydrogens is 328 g/mol. The van der Waals surface area contributed by atoms with Crippen LogP contribution in [0.3, 0.4) is 0 Å². The van der Waals surface area contributed by atoms with E-state index in [1.165, 1.54) is 16.2 Å². The van der Waals surface area contributed by atoms with Crippen molar-refractivity contribution in [2.75, 3.05) is 19.8 Å². The van der Waals surface area contributed by atoms with Crippen molar-refractivity contribution in [1.29, 1.82) is 0 Å². The molecule has 6 nitrogen and oxygen atoms in total. The second kappa shape index (κ2) is 7.11. The Morgan fingerprint density at radius 3 is 2.83 bits per heavy atom. The molecule has 3 rings (SSSR count). The minimum atomic E-state index is -1.05. The lowest BCUT2D eigenvalue weighted by Crippen LogP contribution is -2.52. The van der Waals surface area contributed by atoms with Crippen LogP contribution < -0.4 is 0 Å². The Morgan fingerprint density at radius 2 is 2.12 bits per heavy atom.